The van der Waals surface area contributed by atoms with Crippen molar-refractivity contribution in [3.8, 4) is 6.07 Å². The minimum absolute atomic E-state index is 0.0390. The van der Waals surface area contributed by atoms with Crippen LogP contribution in [0.25, 0.3) is 0 Å². The van der Waals surface area contributed by atoms with Gasteiger partial charge in [-0.25, -0.2) is 0 Å². The molecule has 3 aromatic rings. The minimum Gasteiger partial charge on any atom is -0.326 e. The van der Waals surface area contributed by atoms with Crippen LogP contribution in [0.5, 0.6) is 0 Å². The second kappa shape index (κ2) is 8.46. The molecule has 34 heavy (non-hydrogen) atoms. The highest BCUT2D eigenvalue weighted by Gasteiger charge is 2.33. The van der Waals surface area contributed by atoms with E-state index < -0.39 is 5.91 Å². The van der Waals surface area contributed by atoms with Crippen molar-refractivity contribution in [3.63, 3.8) is 0 Å². The van der Waals surface area contributed by atoms with E-state index in [0.29, 0.717) is 16.8 Å². The number of hydrogen-bond donors (Lipinski definition) is 1. The topological polar surface area (TPSA) is 107 Å². The number of thioether (sulfide) groups is 1. The number of rotatable bonds is 3. The summed E-state index contributed by atoms with van der Waals surface area (Å²) < 4.78 is 0. The lowest BCUT2D eigenvalue weighted by molar-refractivity contribution is -0.112. The second-order valence-electron chi connectivity index (χ2n) is 7.61. The summed E-state index contributed by atoms with van der Waals surface area (Å²) in [6.45, 7) is 0.0390. The van der Waals surface area contributed by atoms with E-state index in [2.05, 4.69) is 5.32 Å². The molecule has 1 amide bonds. The molecular weight excluding hydrogens is 450 g/mol. The Morgan fingerprint density at radius 1 is 0.853 bits per heavy atom. The molecule has 0 saturated carbocycles. The highest BCUT2D eigenvalue weighted by Crippen LogP contribution is 2.36. The van der Waals surface area contributed by atoms with E-state index in [0.717, 1.165) is 11.8 Å². The number of nitriles is 1. The van der Waals surface area contributed by atoms with E-state index in [1.54, 1.807) is 53.4 Å². The highest BCUT2D eigenvalue weighted by atomic mass is 32.2. The van der Waals surface area contributed by atoms with E-state index >= 15 is 0 Å². The van der Waals surface area contributed by atoms with Crippen LogP contribution in [0.15, 0.2) is 83.4 Å². The normalized spacial score (nSPS) is 16.0. The second-order valence-corrected chi connectivity index (χ2v) is 8.65. The zero-order chi connectivity index (χ0) is 23.8. The first-order valence-corrected chi connectivity index (χ1v) is 11.1. The number of nitrogens with one attached hydrogen (secondary N) is 1. The van der Waals surface area contributed by atoms with Gasteiger partial charge in [-0.2, -0.15) is 5.26 Å². The van der Waals surface area contributed by atoms with Crippen molar-refractivity contribution in [1.82, 2.24) is 0 Å². The van der Waals surface area contributed by atoms with Gasteiger partial charge in [0.2, 0.25) is 5.12 Å². The third kappa shape index (κ3) is 3.58. The Hall–Kier alpha value is -4.48. The number of fused-ring (bicyclic) bond motifs is 2. The Morgan fingerprint density at radius 3 is 2.15 bits per heavy atom. The number of benzene rings is 3. The molecule has 0 bridgehead atoms. The Kier molecular flexibility index (Phi) is 5.32. The van der Waals surface area contributed by atoms with Crippen LogP contribution in [-0.4, -0.2) is 29.1 Å². The molecule has 2 aliphatic rings. The van der Waals surface area contributed by atoms with Gasteiger partial charge in [0.25, 0.3) is 5.91 Å². The van der Waals surface area contributed by atoms with Gasteiger partial charge in [-0.1, -0.05) is 42.5 Å². The number of anilines is 2. The quantitative estimate of drug-likeness (QED) is 0.361. The first-order chi connectivity index (χ1) is 16.5. The third-order valence-electron chi connectivity index (χ3n) is 5.55. The maximum Gasteiger partial charge on any atom is 0.269 e. The smallest absolute Gasteiger partial charge is 0.269 e. The van der Waals surface area contributed by atoms with Crippen molar-refractivity contribution >= 4 is 45.7 Å². The summed E-state index contributed by atoms with van der Waals surface area (Å²) >= 11 is 0.840. The van der Waals surface area contributed by atoms with Gasteiger partial charge in [-0.05, 0) is 42.1 Å². The standard InChI is InChI=1S/C26H15N3O4S/c27-13-21(26-29(14-22(30)34-26)16-6-2-1-3-7-16)25(33)28-15-10-11-19-20(12-15)24(32)18-9-5-4-8-17(18)23(19)31/h1-12H,14H2,(H,28,33)/b26-21+. The number of amides is 1. The van der Waals surface area contributed by atoms with Crippen LogP contribution in [0.3, 0.4) is 0 Å². The van der Waals surface area contributed by atoms with Crippen molar-refractivity contribution in [3.05, 3.63) is 106 Å². The van der Waals surface area contributed by atoms with Gasteiger partial charge >= 0.3 is 0 Å². The molecule has 1 aliphatic carbocycles. The molecule has 0 radical (unpaired) electrons. The first-order valence-electron chi connectivity index (χ1n) is 10.3. The summed E-state index contributed by atoms with van der Waals surface area (Å²) in [7, 11) is 0. The number of hydrogen-bond acceptors (Lipinski definition) is 7. The molecule has 1 N–H and O–H groups in total. The molecule has 164 valence electrons. The molecule has 5 rings (SSSR count). The third-order valence-corrected chi connectivity index (χ3v) is 6.52. The average molecular weight is 465 g/mol. The SMILES string of the molecule is N#C/C(C(=O)Nc1ccc2c(c1)C(=O)c1ccccc1C2=O)=C1\SC(=O)CN1c1ccccc1. The van der Waals surface area contributed by atoms with Gasteiger partial charge < -0.3 is 10.2 Å². The largest absolute Gasteiger partial charge is 0.326 e. The Labute approximate surface area is 198 Å². The number of ketones is 2. The van der Waals surface area contributed by atoms with Gasteiger partial charge in [-0.3, -0.25) is 19.2 Å². The van der Waals surface area contributed by atoms with E-state index in [4.69, 9.17) is 0 Å². The Balaban J connectivity index is 1.47. The monoisotopic (exact) mass is 465 g/mol. The fourth-order valence-corrected chi connectivity index (χ4v) is 4.89. The first kappa shape index (κ1) is 21.4. The predicted octanol–water partition coefficient (Wildman–Crippen LogP) is 3.92. The highest BCUT2D eigenvalue weighted by molar-refractivity contribution is 8.17. The summed E-state index contributed by atoms with van der Waals surface area (Å²) in [6.07, 6.45) is 0. The molecule has 0 unspecified atom stereocenters. The van der Waals surface area contributed by atoms with Crippen molar-refractivity contribution in [2.24, 2.45) is 0 Å². The lowest BCUT2D eigenvalue weighted by Gasteiger charge is -2.20. The van der Waals surface area contributed by atoms with Gasteiger partial charge in [0, 0.05) is 33.6 Å². The number of para-hydroxylation sites is 1. The van der Waals surface area contributed by atoms with E-state index in [-0.39, 0.29) is 50.6 Å². The molecule has 3 aromatic carbocycles. The van der Waals surface area contributed by atoms with Crippen molar-refractivity contribution in [1.29, 1.82) is 5.26 Å². The molecule has 0 atom stereocenters. The summed E-state index contributed by atoms with van der Waals surface area (Å²) in [5.41, 5.74) is 1.83. The zero-order valence-corrected chi connectivity index (χ0v) is 18.4. The van der Waals surface area contributed by atoms with Crippen LogP contribution in [0.2, 0.25) is 0 Å². The lowest BCUT2D eigenvalue weighted by Crippen LogP contribution is -2.24. The van der Waals surface area contributed by atoms with Crippen molar-refractivity contribution in [2.75, 3.05) is 16.8 Å². The van der Waals surface area contributed by atoms with Gasteiger partial charge in [0.1, 0.15) is 16.7 Å². The fourth-order valence-electron chi connectivity index (χ4n) is 3.97. The summed E-state index contributed by atoms with van der Waals surface area (Å²) in [5, 5.41) is 12.4. The Morgan fingerprint density at radius 2 is 1.47 bits per heavy atom. The zero-order valence-electron chi connectivity index (χ0n) is 17.6. The number of nitrogens with zero attached hydrogens (tertiary/aromatic N) is 2. The van der Waals surface area contributed by atoms with Crippen LogP contribution in [0.1, 0.15) is 31.8 Å². The van der Waals surface area contributed by atoms with Crippen LogP contribution in [0, 0.1) is 11.3 Å². The fraction of sp³-hybridized carbons (Fsp3) is 0.0385. The summed E-state index contributed by atoms with van der Waals surface area (Å²) in [5.74, 6) is -1.29. The molecule has 0 aromatic heterocycles. The van der Waals surface area contributed by atoms with Gasteiger partial charge in [-0.15, -0.1) is 0 Å². The molecule has 1 aliphatic heterocycles. The molecule has 8 heteroatoms. The van der Waals surface area contributed by atoms with Gasteiger partial charge in [0.05, 0.1) is 6.54 Å². The van der Waals surface area contributed by atoms with Crippen molar-refractivity contribution < 1.29 is 19.2 Å². The van der Waals surface area contributed by atoms with Crippen LogP contribution in [-0.2, 0) is 9.59 Å². The van der Waals surface area contributed by atoms with E-state index in [9.17, 15) is 24.4 Å². The van der Waals surface area contributed by atoms with Crippen LogP contribution >= 0.6 is 11.8 Å². The van der Waals surface area contributed by atoms with Crippen LogP contribution in [0.4, 0.5) is 11.4 Å². The van der Waals surface area contributed by atoms with E-state index in [1.807, 2.05) is 12.1 Å². The lowest BCUT2D eigenvalue weighted by atomic mass is 9.84. The number of carbonyl (C=O) groups excluding carboxylic acids is 4. The molecule has 1 heterocycles. The molecular formula is C26H15N3O4S. The van der Waals surface area contributed by atoms with Crippen molar-refractivity contribution in [2.45, 2.75) is 0 Å². The molecule has 1 saturated heterocycles. The van der Waals surface area contributed by atoms with Gasteiger partial charge in [0.15, 0.2) is 11.6 Å². The van der Waals surface area contributed by atoms with Crippen LogP contribution < -0.4 is 10.2 Å². The molecule has 0 spiro atoms. The molecule has 1 fully saturated rings. The van der Waals surface area contributed by atoms with E-state index in [1.165, 1.54) is 18.2 Å². The summed E-state index contributed by atoms with van der Waals surface area (Å²) in [6, 6.07) is 21.9. The summed E-state index contributed by atoms with van der Waals surface area (Å²) in [4.78, 5) is 52.5. The Bertz CT molecular complexity index is 1470. The molecule has 7 nitrogen and oxygen atoms in total. The maximum atomic E-state index is 13.0. The predicted molar refractivity (Wildman–Crippen MR) is 127 cm³/mol. The minimum atomic E-state index is -0.712. The number of carbonyl (C=O) groups is 4. The maximum absolute atomic E-state index is 13.0. The average Bonchev–Trinajstić information content (AvgIpc) is 3.24.